The SMILES string of the molecule is CC(C)c1ccc(NC(=O)Cn2cnc3nc(N4CCCC(C(=O)NC5CC5)C4)sc3c2=O)cc1. The van der Waals surface area contributed by atoms with Gasteiger partial charge in [0.2, 0.25) is 11.8 Å². The molecule has 3 aromatic rings. The highest BCUT2D eigenvalue weighted by atomic mass is 32.1. The molecule has 2 amide bonds. The molecule has 5 rings (SSSR count). The Morgan fingerprint density at radius 2 is 1.94 bits per heavy atom. The Morgan fingerprint density at radius 1 is 1.17 bits per heavy atom. The fourth-order valence-corrected chi connectivity index (χ4v) is 5.31. The summed E-state index contributed by atoms with van der Waals surface area (Å²) in [6, 6.07) is 8.05. The first-order chi connectivity index (χ1) is 16.9. The maximum Gasteiger partial charge on any atom is 0.273 e. The summed E-state index contributed by atoms with van der Waals surface area (Å²) in [6.07, 6.45) is 5.27. The highest BCUT2D eigenvalue weighted by molar-refractivity contribution is 7.22. The highest BCUT2D eigenvalue weighted by Crippen LogP contribution is 2.30. The Labute approximate surface area is 207 Å². The van der Waals surface area contributed by atoms with E-state index in [1.54, 1.807) is 0 Å². The predicted octanol–water partition coefficient (Wildman–Crippen LogP) is 3.11. The molecule has 1 aromatic carbocycles. The van der Waals surface area contributed by atoms with Crippen molar-refractivity contribution in [3.8, 4) is 0 Å². The minimum atomic E-state index is -0.296. The van der Waals surface area contributed by atoms with E-state index in [2.05, 4.69) is 39.3 Å². The van der Waals surface area contributed by atoms with Crippen molar-refractivity contribution in [1.82, 2.24) is 19.9 Å². The average molecular weight is 495 g/mol. The van der Waals surface area contributed by atoms with Crippen molar-refractivity contribution in [2.24, 2.45) is 5.92 Å². The number of carbonyl (C=O) groups excluding carboxylic acids is 2. The molecule has 0 bridgehead atoms. The molecular formula is C25H30N6O3S. The number of piperidine rings is 1. The molecular weight excluding hydrogens is 464 g/mol. The van der Waals surface area contributed by atoms with Crippen LogP contribution in [-0.4, -0.2) is 45.5 Å². The first-order valence-corrected chi connectivity index (χ1v) is 13.0. The summed E-state index contributed by atoms with van der Waals surface area (Å²) < 4.78 is 1.73. The van der Waals surface area contributed by atoms with Crippen LogP contribution >= 0.6 is 11.3 Å². The fourth-order valence-electron chi connectivity index (χ4n) is 4.30. The first kappa shape index (κ1) is 23.5. The van der Waals surface area contributed by atoms with Crippen molar-refractivity contribution in [3.05, 3.63) is 46.5 Å². The van der Waals surface area contributed by atoms with Crippen molar-refractivity contribution in [3.63, 3.8) is 0 Å². The average Bonchev–Trinajstić information content (AvgIpc) is 3.55. The van der Waals surface area contributed by atoms with Gasteiger partial charge in [-0.3, -0.25) is 19.0 Å². The minimum absolute atomic E-state index is 0.0701. The van der Waals surface area contributed by atoms with Gasteiger partial charge in [-0.1, -0.05) is 37.3 Å². The smallest absolute Gasteiger partial charge is 0.273 e. The number of anilines is 2. The number of fused-ring (bicyclic) bond motifs is 1. The van der Waals surface area contributed by atoms with Gasteiger partial charge in [0.05, 0.1) is 5.92 Å². The Balaban J connectivity index is 1.27. The number of rotatable bonds is 7. The van der Waals surface area contributed by atoms with Crippen LogP contribution in [0.3, 0.4) is 0 Å². The minimum Gasteiger partial charge on any atom is -0.353 e. The highest BCUT2D eigenvalue weighted by Gasteiger charge is 2.31. The molecule has 2 N–H and O–H groups in total. The lowest BCUT2D eigenvalue weighted by Gasteiger charge is -2.31. The molecule has 184 valence electrons. The van der Waals surface area contributed by atoms with Gasteiger partial charge in [0.25, 0.3) is 5.56 Å². The van der Waals surface area contributed by atoms with Crippen molar-refractivity contribution < 1.29 is 9.59 Å². The van der Waals surface area contributed by atoms with Gasteiger partial charge in [-0.25, -0.2) is 4.98 Å². The van der Waals surface area contributed by atoms with Crippen LogP contribution in [0.1, 0.15) is 51.0 Å². The summed E-state index contributed by atoms with van der Waals surface area (Å²) in [7, 11) is 0. The first-order valence-electron chi connectivity index (χ1n) is 12.2. The number of hydrogen-bond acceptors (Lipinski definition) is 7. The van der Waals surface area contributed by atoms with E-state index in [4.69, 9.17) is 0 Å². The second-order valence-corrected chi connectivity index (χ2v) is 10.7. The van der Waals surface area contributed by atoms with Crippen LogP contribution in [0.4, 0.5) is 10.8 Å². The number of thiazole rings is 1. The predicted molar refractivity (Wildman–Crippen MR) is 137 cm³/mol. The van der Waals surface area contributed by atoms with Crippen molar-refractivity contribution in [2.75, 3.05) is 23.3 Å². The Morgan fingerprint density at radius 3 is 2.66 bits per heavy atom. The van der Waals surface area contributed by atoms with Crippen molar-refractivity contribution in [2.45, 2.75) is 58.0 Å². The van der Waals surface area contributed by atoms with E-state index in [1.165, 1.54) is 27.8 Å². The van der Waals surface area contributed by atoms with Gasteiger partial charge in [-0.15, -0.1) is 0 Å². The van der Waals surface area contributed by atoms with Crippen LogP contribution in [0.25, 0.3) is 10.3 Å². The molecule has 1 atom stereocenters. The normalized spacial score (nSPS) is 18.1. The molecule has 2 fully saturated rings. The lowest BCUT2D eigenvalue weighted by Crippen LogP contribution is -2.43. The third kappa shape index (κ3) is 5.37. The summed E-state index contributed by atoms with van der Waals surface area (Å²) in [4.78, 5) is 49.1. The van der Waals surface area contributed by atoms with Gasteiger partial charge >= 0.3 is 0 Å². The van der Waals surface area contributed by atoms with Crippen molar-refractivity contribution in [1.29, 1.82) is 0 Å². The van der Waals surface area contributed by atoms with E-state index in [-0.39, 0.29) is 29.8 Å². The second kappa shape index (κ2) is 9.77. The van der Waals surface area contributed by atoms with E-state index in [1.807, 2.05) is 24.3 Å². The molecule has 1 aliphatic carbocycles. The van der Waals surface area contributed by atoms with Crippen LogP contribution in [0.15, 0.2) is 35.4 Å². The molecule has 3 heterocycles. The Hall–Kier alpha value is -3.27. The Bertz CT molecular complexity index is 1290. The quantitative estimate of drug-likeness (QED) is 0.522. The topological polar surface area (TPSA) is 109 Å². The molecule has 10 heteroatoms. The number of aromatic nitrogens is 3. The molecule has 2 aliphatic rings. The Kier molecular flexibility index (Phi) is 6.55. The number of carbonyl (C=O) groups is 2. The molecule has 2 aromatic heterocycles. The fraction of sp³-hybridized carbons (Fsp3) is 0.480. The van der Waals surface area contributed by atoms with Crippen LogP contribution in [0.5, 0.6) is 0 Å². The van der Waals surface area contributed by atoms with Gasteiger partial charge in [-0.2, -0.15) is 4.98 Å². The molecule has 9 nitrogen and oxygen atoms in total. The molecule has 1 saturated carbocycles. The standard InChI is InChI=1S/C25H30N6O3S/c1-15(2)16-5-7-18(8-6-16)27-20(32)13-31-14-26-22-21(24(31)34)35-25(29-22)30-11-3-4-17(12-30)23(33)28-19-9-10-19/h5-8,14-15,17,19H,3-4,9-13H2,1-2H3,(H,27,32)(H,28,33). The second-order valence-electron chi connectivity index (χ2n) is 9.72. The molecule has 1 unspecified atom stereocenters. The number of amides is 2. The van der Waals surface area contributed by atoms with Crippen LogP contribution < -0.4 is 21.1 Å². The number of nitrogens with one attached hydrogen (secondary N) is 2. The molecule has 35 heavy (non-hydrogen) atoms. The van der Waals surface area contributed by atoms with E-state index < -0.39 is 0 Å². The summed E-state index contributed by atoms with van der Waals surface area (Å²) in [5.74, 6) is 0.162. The van der Waals surface area contributed by atoms with Gasteiger partial charge < -0.3 is 15.5 Å². The molecule has 0 radical (unpaired) electrons. The van der Waals surface area contributed by atoms with Gasteiger partial charge in [0.15, 0.2) is 10.8 Å². The van der Waals surface area contributed by atoms with Crippen molar-refractivity contribution >= 4 is 44.3 Å². The number of benzene rings is 1. The molecule has 1 aliphatic heterocycles. The monoisotopic (exact) mass is 494 g/mol. The lowest BCUT2D eigenvalue weighted by molar-refractivity contribution is -0.125. The van der Waals surface area contributed by atoms with E-state index in [0.717, 1.165) is 32.2 Å². The third-order valence-corrected chi connectivity index (χ3v) is 7.63. The van der Waals surface area contributed by atoms with Gasteiger partial charge in [0.1, 0.15) is 17.6 Å². The zero-order chi connectivity index (χ0) is 24.5. The largest absolute Gasteiger partial charge is 0.353 e. The van der Waals surface area contributed by atoms with Crippen LogP contribution in [0, 0.1) is 5.92 Å². The zero-order valence-electron chi connectivity index (χ0n) is 20.0. The molecule has 1 saturated heterocycles. The van der Waals surface area contributed by atoms with E-state index >= 15 is 0 Å². The number of nitrogens with zero attached hydrogens (tertiary/aromatic N) is 4. The summed E-state index contributed by atoms with van der Waals surface area (Å²) in [5, 5.41) is 6.63. The summed E-state index contributed by atoms with van der Waals surface area (Å²) in [5.41, 5.74) is 1.97. The summed E-state index contributed by atoms with van der Waals surface area (Å²) in [6.45, 7) is 5.48. The zero-order valence-corrected chi connectivity index (χ0v) is 20.8. The summed E-state index contributed by atoms with van der Waals surface area (Å²) >= 11 is 1.28. The molecule has 0 spiro atoms. The lowest BCUT2D eigenvalue weighted by atomic mass is 9.97. The van der Waals surface area contributed by atoms with E-state index in [9.17, 15) is 14.4 Å². The third-order valence-electron chi connectivity index (χ3n) is 6.53. The maximum absolute atomic E-state index is 13.1. The van der Waals surface area contributed by atoms with Gasteiger partial charge in [0, 0.05) is 24.8 Å². The van der Waals surface area contributed by atoms with Crippen LogP contribution in [-0.2, 0) is 16.1 Å². The van der Waals surface area contributed by atoms with Gasteiger partial charge in [-0.05, 0) is 49.3 Å². The van der Waals surface area contributed by atoms with E-state index in [0.29, 0.717) is 39.7 Å². The van der Waals surface area contributed by atoms with Crippen LogP contribution in [0.2, 0.25) is 0 Å². The number of hydrogen-bond donors (Lipinski definition) is 2. The maximum atomic E-state index is 13.1.